The normalized spacial score (nSPS) is 10.5. The molecule has 0 aliphatic carbocycles. The molecule has 0 aromatic carbocycles. The second kappa shape index (κ2) is 4.75. The van der Waals surface area contributed by atoms with Crippen molar-refractivity contribution in [2.24, 2.45) is 5.92 Å². The maximum absolute atomic E-state index is 8.60. The van der Waals surface area contributed by atoms with Crippen molar-refractivity contribution in [2.45, 2.75) is 40.2 Å². The molecule has 1 rings (SSSR count). The van der Waals surface area contributed by atoms with Crippen LogP contribution in [-0.4, -0.2) is 15.0 Å². The van der Waals surface area contributed by atoms with Gasteiger partial charge in [-0.25, -0.2) is 4.68 Å². The highest BCUT2D eigenvalue weighted by molar-refractivity contribution is 5.14. The molecule has 0 bridgehead atoms. The van der Waals surface area contributed by atoms with Crippen molar-refractivity contribution in [2.75, 3.05) is 0 Å². The third kappa shape index (κ3) is 2.32. The number of nitrogens with zero attached hydrogens (tertiary/aromatic N) is 4. The van der Waals surface area contributed by atoms with Crippen LogP contribution in [0.15, 0.2) is 0 Å². The molecular formula is C10H16N4. The van der Waals surface area contributed by atoms with Gasteiger partial charge in [-0.3, -0.25) is 0 Å². The Balaban J connectivity index is 2.90. The van der Waals surface area contributed by atoms with Crippen LogP contribution < -0.4 is 0 Å². The van der Waals surface area contributed by atoms with E-state index in [0.717, 1.165) is 24.4 Å². The Kier molecular flexibility index (Phi) is 3.63. The summed E-state index contributed by atoms with van der Waals surface area (Å²) in [7, 11) is 0. The third-order valence-corrected chi connectivity index (χ3v) is 2.04. The fourth-order valence-electron chi connectivity index (χ4n) is 1.46. The van der Waals surface area contributed by atoms with E-state index in [4.69, 9.17) is 5.26 Å². The SMILES string of the molecule is CCc1c(CC#N)nnn1CC(C)C. The molecule has 0 aliphatic rings. The van der Waals surface area contributed by atoms with Crippen molar-refractivity contribution in [1.82, 2.24) is 15.0 Å². The molecule has 0 spiro atoms. The summed E-state index contributed by atoms with van der Waals surface area (Å²) < 4.78 is 1.91. The van der Waals surface area contributed by atoms with Crippen LogP contribution in [0.1, 0.15) is 32.2 Å². The van der Waals surface area contributed by atoms with E-state index in [1.54, 1.807) is 0 Å². The first-order valence-corrected chi connectivity index (χ1v) is 4.97. The second-order valence-corrected chi connectivity index (χ2v) is 3.75. The van der Waals surface area contributed by atoms with Crippen LogP contribution in [0.3, 0.4) is 0 Å². The minimum atomic E-state index is 0.362. The molecule has 4 nitrogen and oxygen atoms in total. The maximum atomic E-state index is 8.60. The van der Waals surface area contributed by atoms with Gasteiger partial charge in [-0.05, 0) is 12.3 Å². The van der Waals surface area contributed by atoms with Crippen LogP contribution in [-0.2, 0) is 19.4 Å². The smallest absolute Gasteiger partial charge is 0.0999 e. The fraction of sp³-hybridized carbons (Fsp3) is 0.700. The van der Waals surface area contributed by atoms with Crippen molar-refractivity contribution < 1.29 is 0 Å². The van der Waals surface area contributed by atoms with Gasteiger partial charge in [0.1, 0.15) is 0 Å². The van der Waals surface area contributed by atoms with Crippen molar-refractivity contribution in [1.29, 1.82) is 5.26 Å². The molecule has 0 fully saturated rings. The van der Waals surface area contributed by atoms with Crippen molar-refractivity contribution >= 4 is 0 Å². The summed E-state index contributed by atoms with van der Waals surface area (Å²) in [4.78, 5) is 0. The van der Waals surface area contributed by atoms with Crippen molar-refractivity contribution in [3.8, 4) is 6.07 Å². The molecule has 1 heterocycles. The average Bonchev–Trinajstić information content (AvgIpc) is 2.47. The number of hydrogen-bond donors (Lipinski definition) is 0. The van der Waals surface area contributed by atoms with E-state index in [-0.39, 0.29) is 0 Å². The van der Waals surface area contributed by atoms with Gasteiger partial charge < -0.3 is 0 Å². The predicted molar refractivity (Wildman–Crippen MR) is 53.6 cm³/mol. The third-order valence-electron chi connectivity index (χ3n) is 2.04. The van der Waals surface area contributed by atoms with Gasteiger partial charge >= 0.3 is 0 Å². The van der Waals surface area contributed by atoms with Gasteiger partial charge in [-0.1, -0.05) is 26.0 Å². The van der Waals surface area contributed by atoms with E-state index in [9.17, 15) is 0 Å². The minimum absolute atomic E-state index is 0.362. The molecular weight excluding hydrogens is 176 g/mol. The standard InChI is InChI=1S/C10H16N4/c1-4-10-9(5-6-11)12-13-14(10)7-8(2)3/h8H,4-5,7H2,1-3H3. The highest BCUT2D eigenvalue weighted by Crippen LogP contribution is 2.09. The summed E-state index contributed by atoms with van der Waals surface area (Å²) in [6.45, 7) is 7.23. The molecule has 14 heavy (non-hydrogen) atoms. The van der Waals surface area contributed by atoms with Gasteiger partial charge in [0, 0.05) is 6.54 Å². The van der Waals surface area contributed by atoms with Crippen LogP contribution in [0.4, 0.5) is 0 Å². The van der Waals surface area contributed by atoms with Crippen LogP contribution >= 0.6 is 0 Å². The summed E-state index contributed by atoms with van der Waals surface area (Å²) in [6.07, 6.45) is 1.25. The molecule has 0 radical (unpaired) electrons. The zero-order valence-corrected chi connectivity index (χ0v) is 8.99. The highest BCUT2D eigenvalue weighted by atomic mass is 15.4. The summed E-state index contributed by atoms with van der Waals surface area (Å²) >= 11 is 0. The lowest BCUT2D eigenvalue weighted by Gasteiger charge is -2.07. The quantitative estimate of drug-likeness (QED) is 0.727. The van der Waals surface area contributed by atoms with Gasteiger partial charge in [-0.2, -0.15) is 5.26 Å². The minimum Gasteiger partial charge on any atom is -0.249 e. The molecule has 1 aromatic rings. The Morgan fingerprint density at radius 1 is 1.50 bits per heavy atom. The molecule has 1 aromatic heterocycles. The highest BCUT2D eigenvalue weighted by Gasteiger charge is 2.11. The Morgan fingerprint density at radius 3 is 2.71 bits per heavy atom. The van der Waals surface area contributed by atoms with Gasteiger partial charge in [0.2, 0.25) is 0 Å². The van der Waals surface area contributed by atoms with Crippen LogP contribution in [0, 0.1) is 17.2 Å². The van der Waals surface area contributed by atoms with E-state index in [1.165, 1.54) is 0 Å². The van der Waals surface area contributed by atoms with Crippen LogP contribution in [0.5, 0.6) is 0 Å². The Morgan fingerprint density at radius 2 is 2.21 bits per heavy atom. The lowest BCUT2D eigenvalue weighted by atomic mass is 10.2. The topological polar surface area (TPSA) is 54.5 Å². The Labute approximate surface area is 84.5 Å². The largest absolute Gasteiger partial charge is 0.249 e. The van der Waals surface area contributed by atoms with E-state index in [0.29, 0.717) is 12.3 Å². The fourth-order valence-corrected chi connectivity index (χ4v) is 1.46. The Bertz CT molecular complexity index is 332. The van der Waals surface area contributed by atoms with Gasteiger partial charge in [0.05, 0.1) is 23.9 Å². The number of nitriles is 1. The first-order chi connectivity index (χ1) is 6.69. The average molecular weight is 192 g/mol. The monoisotopic (exact) mass is 192 g/mol. The van der Waals surface area contributed by atoms with E-state index in [2.05, 4.69) is 37.2 Å². The zero-order valence-electron chi connectivity index (χ0n) is 8.99. The first kappa shape index (κ1) is 10.7. The lowest BCUT2D eigenvalue weighted by Crippen LogP contribution is -2.09. The molecule has 0 N–H and O–H groups in total. The van der Waals surface area contributed by atoms with E-state index in [1.807, 2.05) is 4.68 Å². The molecule has 0 atom stereocenters. The molecule has 0 aliphatic heterocycles. The molecule has 76 valence electrons. The van der Waals surface area contributed by atoms with Crippen molar-refractivity contribution in [3.05, 3.63) is 11.4 Å². The first-order valence-electron chi connectivity index (χ1n) is 4.97. The van der Waals surface area contributed by atoms with Gasteiger partial charge in [-0.15, -0.1) is 5.10 Å². The number of aromatic nitrogens is 3. The van der Waals surface area contributed by atoms with Crippen LogP contribution in [0.2, 0.25) is 0 Å². The molecule has 0 amide bonds. The lowest BCUT2D eigenvalue weighted by molar-refractivity contribution is 0.460. The summed E-state index contributed by atoms with van der Waals surface area (Å²) in [5.41, 5.74) is 1.93. The zero-order chi connectivity index (χ0) is 10.6. The van der Waals surface area contributed by atoms with E-state index >= 15 is 0 Å². The predicted octanol–water partition coefficient (Wildman–Crippen LogP) is 1.56. The second-order valence-electron chi connectivity index (χ2n) is 3.75. The molecule has 0 saturated heterocycles. The van der Waals surface area contributed by atoms with Crippen molar-refractivity contribution in [3.63, 3.8) is 0 Å². The maximum Gasteiger partial charge on any atom is 0.0999 e. The van der Waals surface area contributed by atoms with Gasteiger partial charge in [0.25, 0.3) is 0 Å². The summed E-state index contributed by atoms with van der Waals surface area (Å²) in [6, 6.07) is 2.11. The molecule has 0 saturated carbocycles. The Hall–Kier alpha value is -1.37. The summed E-state index contributed by atoms with van der Waals surface area (Å²) in [5, 5.41) is 16.7. The number of hydrogen-bond acceptors (Lipinski definition) is 3. The summed E-state index contributed by atoms with van der Waals surface area (Å²) in [5.74, 6) is 0.553. The van der Waals surface area contributed by atoms with Crippen LogP contribution in [0.25, 0.3) is 0 Å². The molecule has 4 heteroatoms. The number of rotatable bonds is 4. The van der Waals surface area contributed by atoms with Gasteiger partial charge in [0.15, 0.2) is 0 Å². The van der Waals surface area contributed by atoms with E-state index < -0.39 is 0 Å². The molecule has 0 unspecified atom stereocenters.